The van der Waals surface area contributed by atoms with E-state index in [0.29, 0.717) is 11.2 Å². The highest BCUT2D eigenvalue weighted by molar-refractivity contribution is 5.81. The summed E-state index contributed by atoms with van der Waals surface area (Å²) >= 11 is 0. The summed E-state index contributed by atoms with van der Waals surface area (Å²) in [6.45, 7) is -0.465. The third-order valence-electron chi connectivity index (χ3n) is 3.94. The molecule has 102 valence electrons. The average Bonchev–Trinajstić information content (AvgIpc) is 2.78. The molecule has 0 spiro atoms. The van der Waals surface area contributed by atoms with E-state index in [-0.39, 0.29) is 25.6 Å². The van der Waals surface area contributed by atoms with Gasteiger partial charge in [-0.1, -0.05) is 0 Å². The number of alkyl halides is 1. The topological polar surface area (TPSA) is 110 Å². The number of aliphatic hydroxyl groups excluding tert-OH is 2. The monoisotopic (exact) mass is 267 g/mol. The summed E-state index contributed by atoms with van der Waals surface area (Å²) in [4.78, 5) is 12.0. The van der Waals surface area contributed by atoms with Gasteiger partial charge in [-0.25, -0.2) is 19.3 Å². The average molecular weight is 267 g/mol. The number of hydrogen-bond acceptors (Lipinski definition) is 6. The van der Waals surface area contributed by atoms with Crippen LogP contribution in [-0.2, 0) is 6.54 Å². The van der Waals surface area contributed by atoms with Gasteiger partial charge < -0.3 is 20.5 Å². The zero-order valence-corrected chi connectivity index (χ0v) is 10.1. The Balaban J connectivity index is 1.90. The molecule has 0 saturated heterocycles. The number of nitrogen functional groups attached to an aromatic ring is 1. The van der Waals surface area contributed by atoms with Gasteiger partial charge in [0.05, 0.1) is 25.0 Å². The summed E-state index contributed by atoms with van der Waals surface area (Å²) in [7, 11) is 0. The number of hydrogen-bond donors (Lipinski definition) is 3. The number of nitrogens with zero attached hydrogens (tertiary/aromatic N) is 4. The van der Waals surface area contributed by atoms with Crippen LogP contribution in [-0.4, -0.2) is 49.1 Å². The van der Waals surface area contributed by atoms with Gasteiger partial charge in [0.15, 0.2) is 11.5 Å². The first kappa shape index (κ1) is 12.2. The number of anilines is 1. The molecule has 7 nitrogen and oxygen atoms in total. The molecule has 1 aliphatic carbocycles. The predicted molar refractivity (Wildman–Crippen MR) is 64.7 cm³/mol. The third kappa shape index (κ3) is 1.60. The van der Waals surface area contributed by atoms with Gasteiger partial charge in [0.25, 0.3) is 0 Å². The van der Waals surface area contributed by atoms with Crippen molar-refractivity contribution >= 4 is 17.0 Å². The molecular weight excluding hydrogens is 253 g/mol. The van der Waals surface area contributed by atoms with Crippen molar-refractivity contribution in [2.45, 2.75) is 12.7 Å². The molecule has 2 aromatic heterocycles. The molecule has 2 atom stereocenters. The standard InChI is InChI=1S/C11H14FN5O2/c12-8-6(11(8,2-18)3-19)1-17-5-16-7-9(13)14-4-15-10(7)17/h4-6,8,18-19H,1-3H2,(H2,13,14,15)/t6?,8-/m0/s1. The molecule has 3 rings (SSSR count). The van der Waals surface area contributed by atoms with Gasteiger partial charge in [-0.05, 0) is 0 Å². The minimum Gasteiger partial charge on any atom is -0.396 e. The predicted octanol–water partition coefficient (Wildman–Crippen LogP) is -0.653. The van der Waals surface area contributed by atoms with Crippen molar-refractivity contribution in [2.24, 2.45) is 11.3 Å². The maximum absolute atomic E-state index is 13.8. The normalized spacial score (nSPS) is 24.8. The maximum atomic E-state index is 13.8. The van der Waals surface area contributed by atoms with Gasteiger partial charge in [0.1, 0.15) is 18.0 Å². The van der Waals surface area contributed by atoms with E-state index in [1.165, 1.54) is 12.7 Å². The zero-order valence-electron chi connectivity index (χ0n) is 10.1. The van der Waals surface area contributed by atoms with E-state index in [2.05, 4.69) is 15.0 Å². The van der Waals surface area contributed by atoms with Gasteiger partial charge in [0, 0.05) is 12.5 Å². The summed E-state index contributed by atoms with van der Waals surface area (Å²) < 4.78 is 15.4. The summed E-state index contributed by atoms with van der Waals surface area (Å²) in [5.41, 5.74) is 5.62. The highest BCUT2D eigenvalue weighted by atomic mass is 19.1. The fourth-order valence-corrected chi connectivity index (χ4v) is 2.50. The van der Waals surface area contributed by atoms with E-state index in [1.807, 2.05) is 0 Å². The van der Waals surface area contributed by atoms with Crippen molar-refractivity contribution in [1.29, 1.82) is 0 Å². The van der Waals surface area contributed by atoms with Crippen molar-refractivity contribution in [1.82, 2.24) is 19.5 Å². The van der Waals surface area contributed by atoms with Gasteiger partial charge in [-0.15, -0.1) is 0 Å². The molecular formula is C11H14FN5O2. The number of nitrogens with two attached hydrogens (primary N) is 1. The zero-order chi connectivity index (χ0) is 13.6. The lowest BCUT2D eigenvalue weighted by Crippen LogP contribution is -2.18. The van der Waals surface area contributed by atoms with E-state index in [0.717, 1.165) is 0 Å². The van der Waals surface area contributed by atoms with E-state index < -0.39 is 17.5 Å². The largest absolute Gasteiger partial charge is 0.396 e. The molecule has 0 amide bonds. The first-order chi connectivity index (χ1) is 9.14. The number of rotatable bonds is 4. The lowest BCUT2D eigenvalue weighted by Gasteiger charge is -2.09. The van der Waals surface area contributed by atoms with Crippen molar-refractivity contribution in [3.05, 3.63) is 12.7 Å². The third-order valence-corrected chi connectivity index (χ3v) is 3.94. The number of imidazole rings is 1. The van der Waals surface area contributed by atoms with Crippen molar-refractivity contribution in [3.63, 3.8) is 0 Å². The molecule has 0 bridgehead atoms. The Morgan fingerprint density at radius 1 is 1.32 bits per heavy atom. The Morgan fingerprint density at radius 3 is 2.68 bits per heavy atom. The van der Waals surface area contributed by atoms with Gasteiger partial charge in [-0.3, -0.25) is 0 Å². The second-order valence-electron chi connectivity index (χ2n) is 4.89. The fraction of sp³-hybridized carbons (Fsp3) is 0.545. The number of aromatic nitrogens is 4. The first-order valence-electron chi connectivity index (χ1n) is 5.91. The highest BCUT2D eigenvalue weighted by Gasteiger charge is 2.65. The van der Waals surface area contributed by atoms with E-state index in [9.17, 15) is 14.6 Å². The fourth-order valence-electron chi connectivity index (χ4n) is 2.50. The molecule has 19 heavy (non-hydrogen) atoms. The molecule has 1 unspecified atom stereocenters. The lowest BCUT2D eigenvalue weighted by atomic mass is 10.1. The van der Waals surface area contributed by atoms with E-state index >= 15 is 0 Å². The second-order valence-corrected chi connectivity index (χ2v) is 4.89. The molecule has 0 radical (unpaired) electrons. The number of aliphatic hydroxyl groups is 2. The van der Waals surface area contributed by atoms with Crippen LogP contribution >= 0.6 is 0 Å². The van der Waals surface area contributed by atoms with Gasteiger partial charge in [0.2, 0.25) is 0 Å². The number of halogens is 1. The van der Waals surface area contributed by atoms with Crippen LogP contribution in [0.4, 0.5) is 10.2 Å². The summed E-state index contributed by atoms with van der Waals surface area (Å²) in [6, 6.07) is 0. The molecule has 0 aromatic carbocycles. The summed E-state index contributed by atoms with van der Waals surface area (Å²) in [5.74, 6) is -0.178. The Bertz CT molecular complexity index is 612. The Labute approximate surface area is 107 Å². The SMILES string of the molecule is Nc1ncnc2c1ncn2CC1[C@H](F)C1(CO)CO. The Morgan fingerprint density at radius 2 is 2.05 bits per heavy atom. The minimum absolute atomic E-state index is 0.270. The molecule has 0 aliphatic heterocycles. The smallest absolute Gasteiger partial charge is 0.165 e. The van der Waals surface area contributed by atoms with Crippen LogP contribution in [0.5, 0.6) is 0 Å². The summed E-state index contributed by atoms with van der Waals surface area (Å²) in [5, 5.41) is 18.4. The van der Waals surface area contributed by atoms with Crippen molar-refractivity contribution in [3.8, 4) is 0 Å². The highest BCUT2D eigenvalue weighted by Crippen LogP contribution is 2.55. The van der Waals surface area contributed by atoms with Crippen LogP contribution in [0.15, 0.2) is 12.7 Å². The molecule has 1 saturated carbocycles. The quantitative estimate of drug-likeness (QED) is 0.679. The van der Waals surface area contributed by atoms with E-state index in [1.54, 1.807) is 4.57 Å². The molecule has 2 heterocycles. The Hall–Kier alpha value is -1.80. The van der Waals surface area contributed by atoms with Crippen LogP contribution < -0.4 is 5.73 Å². The first-order valence-corrected chi connectivity index (χ1v) is 5.91. The van der Waals surface area contributed by atoms with Crippen molar-refractivity contribution in [2.75, 3.05) is 18.9 Å². The molecule has 1 aliphatic rings. The van der Waals surface area contributed by atoms with Gasteiger partial charge in [-0.2, -0.15) is 0 Å². The minimum atomic E-state index is -1.22. The second kappa shape index (κ2) is 4.10. The van der Waals surface area contributed by atoms with Crippen LogP contribution in [0.1, 0.15) is 0 Å². The van der Waals surface area contributed by atoms with Crippen LogP contribution in [0.3, 0.4) is 0 Å². The molecule has 4 N–H and O–H groups in total. The van der Waals surface area contributed by atoms with E-state index in [4.69, 9.17) is 5.73 Å². The van der Waals surface area contributed by atoms with Crippen LogP contribution in [0.25, 0.3) is 11.2 Å². The molecule has 2 aromatic rings. The molecule has 8 heteroatoms. The van der Waals surface area contributed by atoms with Crippen molar-refractivity contribution < 1.29 is 14.6 Å². The van der Waals surface area contributed by atoms with Gasteiger partial charge >= 0.3 is 0 Å². The number of fused-ring (bicyclic) bond motifs is 1. The lowest BCUT2D eigenvalue weighted by molar-refractivity contribution is 0.105. The molecule has 1 fully saturated rings. The summed E-state index contributed by atoms with van der Waals surface area (Å²) in [6.07, 6.45) is 1.61. The van der Waals surface area contributed by atoms with Crippen LogP contribution in [0, 0.1) is 11.3 Å². The maximum Gasteiger partial charge on any atom is 0.165 e. The Kier molecular flexibility index (Phi) is 2.64. The van der Waals surface area contributed by atoms with Crippen LogP contribution in [0.2, 0.25) is 0 Å².